The molecule has 100 valence electrons. The van der Waals surface area contributed by atoms with Crippen LogP contribution in [-0.4, -0.2) is 47.6 Å². The molecule has 0 spiro atoms. The largest absolute Gasteiger partial charge is 0.392 e. The molecule has 0 aromatic heterocycles. The Kier molecular flexibility index (Phi) is 5.17. The highest BCUT2D eigenvalue weighted by molar-refractivity contribution is 5.21. The predicted octanol–water partition coefficient (Wildman–Crippen LogP) is 1.71. The Labute approximate surface area is 110 Å². The number of likely N-dealkylation sites (N-methyl/N-ethyl adjacent to an activating group) is 1. The predicted molar refractivity (Wildman–Crippen MR) is 74.4 cm³/mol. The van der Waals surface area contributed by atoms with Gasteiger partial charge in [0.25, 0.3) is 0 Å². The van der Waals surface area contributed by atoms with E-state index >= 15 is 0 Å². The van der Waals surface area contributed by atoms with Crippen LogP contribution in [0.2, 0.25) is 0 Å². The molecule has 0 unspecified atom stereocenters. The second kappa shape index (κ2) is 6.88. The molecule has 1 fully saturated rings. The molecular formula is C15H24N2O. The quantitative estimate of drug-likeness (QED) is 0.878. The van der Waals surface area contributed by atoms with E-state index in [0.29, 0.717) is 0 Å². The molecule has 0 amide bonds. The van der Waals surface area contributed by atoms with Crippen molar-refractivity contribution < 1.29 is 5.11 Å². The summed E-state index contributed by atoms with van der Waals surface area (Å²) in [5, 5.41) is 9.03. The van der Waals surface area contributed by atoms with Gasteiger partial charge < -0.3 is 10.0 Å². The van der Waals surface area contributed by atoms with Crippen molar-refractivity contribution in [3.8, 4) is 0 Å². The average molecular weight is 248 g/mol. The van der Waals surface area contributed by atoms with Crippen LogP contribution in [0.15, 0.2) is 24.3 Å². The van der Waals surface area contributed by atoms with Gasteiger partial charge in [-0.15, -0.1) is 0 Å². The number of hydrogen-bond donors (Lipinski definition) is 1. The van der Waals surface area contributed by atoms with Gasteiger partial charge >= 0.3 is 0 Å². The van der Waals surface area contributed by atoms with E-state index in [1.165, 1.54) is 38.2 Å². The maximum atomic E-state index is 9.03. The first-order chi connectivity index (χ1) is 8.81. The molecule has 1 aliphatic heterocycles. The Morgan fingerprint density at radius 3 is 2.22 bits per heavy atom. The van der Waals surface area contributed by atoms with Crippen LogP contribution in [0.1, 0.15) is 24.5 Å². The van der Waals surface area contributed by atoms with Gasteiger partial charge in [0.1, 0.15) is 0 Å². The number of aliphatic hydroxyl groups excluding tert-OH is 1. The zero-order chi connectivity index (χ0) is 12.8. The Balaban J connectivity index is 1.88. The van der Waals surface area contributed by atoms with Crippen LogP contribution in [0, 0.1) is 0 Å². The second-order valence-electron chi connectivity index (χ2n) is 5.04. The summed E-state index contributed by atoms with van der Waals surface area (Å²) in [5.41, 5.74) is 2.34. The lowest BCUT2D eigenvalue weighted by Gasteiger charge is -2.21. The zero-order valence-corrected chi connectivity index (χ0v) is 11.3. The van der Waals surface area contributed by atoms with E-state index in [1.54, 1.807) is 0 Å². The van der Waals surface area contributed by atoms with Gasteiger partial charge in [-0.25, -0.2) is 0 Å². The molecule has 1 saturated heterocycles. The number of aliphatic hydroxyl groups is 1. The topological polar surface area (TPSA) is 26.7 Å². The summed E-state index contributed by atoms with van der Waals surface area (Å²) in [4.78, 5) is 5.05. The van der Waals surface area contributed by atoms with Gasteiger partial charge in [-0.1, -0.05) is 31.2 Å². The van der Waals surface area contributed by atoms with E-state index in [-0.39, 0.29) is 6.61 Å². The molecule has 3 heteroatoms. The molecule has 0 saturated carbocycles. The van der Waals surface area contributed by atoms with Gasteiger partial charge in [-0.2, -0.15) is 0 Å². The molecule has 1 N–H and O–H groups in total. The highest BCUT2D eigenvalue weighted by atomic mass is 16.3. The van der Waals surface area contributed by atoms with Crippen LogP contribution in [0.25, 0.3) is 0 Å². The first-order valence-corrected chi connectivity index (χ1v) is 6.95. The number of nitrogens with zero attached hydrogens (tertiary/aromatic N) is 2. The smallest absolute Gasteiger partial charge is 0.0681 e. The molecule has 1 heterocycles. The Morgan fingerprint density at radius 2 is 1.56 bits per heavy atom. The third kappa shape index (κ3) is 3.80. The molecular weight excluding hydrogens is 224 g/mol. The fraction of sp³-hybridized carbons (Fsp3) is 0.600. The van der Waals surface area contributed by atoms with E-state index in [9.17, 15) is 0 Å². The average Bonchev–Trinajstić information content (AvgIpc) is 2.65. The molecule has 2 rings (SSSR count). The maximum Gasteiger partial charge on any atom is 0.0681 e. The Hall–Kier alpha value is -0.900. The summed E-state index contributed by atoms with van der Waals surface area (Å²) in [6, 6.07) is 8.30. The Bertz CT molecular complexity index is 350. The lowest BCUT2D eigenvalue weighted by Crippen LogP contribution is -2.30. The molecule has 1 aliphatic rings. The highest BCUT2D eigenvalue weighted by Crippen LogP contribution is 2.10. The van der Waals surface area contributed by atoms with E-state index in [4.69, 9.17) is 5.11 Å². The molecule has 0 atom stereocenters. The number of hydrogen-bond acceptors (Lipinski definition) is 3. The lowest BCUT2D eigenvalue weighted by molar-refractivity contribution is 0.257. The second-order valence-corrected chi connectivity index (χ2v) is 5.04. The minimum absolute atomic E-state index is 0.134. The van der Waals surface area contributed by atoms with Crippen LogP contribution in [0.3, 0.4) is 0 Å². The van der Waals surface area contributed by atoms with Crippen molar-refractivity contribution in [1.82, 2.24) is 9.80 Å². The highest BCUT2D eigenvalue weighted by Gasteiger charge is 2.13. The summed E-state index contributed by atoms with van der Waals surface area (Å²) in [6.45, 7) is 9.34. The normalized spacial score (nSPS) is 18.8. The van der Waals surface area contributed by atoms with Crippen molar-refractivity contribution in [1.29, 1.82) is 0 Å². The first kappa shape index (κ1) is 13.5. The summed E-state index contributed by atoms with van der Waals surface area (Å²) in [7, 11) is 0. The van der Waals surface area contributed by atoms with E-state index in [1.807, 2.05) is 12.1 Å². The van der Waals surface area contributed by atoms with Crippen molar-refractivity contribution in [2.75, 3.05) is 32.7 Å². The summed E-state index contributed by atoms with van der Waals surface area (Å²) < 4.78 is 0. The molecule has 1 aromatic rings. The third-order valence-corrected chi connectivity index (χ3v) is 3.74. The lowest BCUT2D eigenvalue weighted by atomic mass is 10.1. The maximum absolute atomic E-state index is 9.03. The summed E-state index contributed by atoms with van der Waals surface area (Å²) in [5.74, 6) is 0. The molecule has 0 bridgehead atoms. The molecule has 0 aliphatic carbocycles. The Morgan fingerprint density at radius 1 is 0.944 bits per heavy atom. The fourth-order valence-electron chi connectivity index (χ4n) is 2.51. The number of benzene rings is 1. The van der Waals surface area contributed by atoms with Crippen LogP contribution in [0.4, 0.5) is 0 Å². The van der Waals surface area contributed by atoms with Crippen molar-refractivity contribution in [3.63, 3.8) is 0 Å². The van der Waals surface area contributed by atoms with Gasteiger partial charge in [-0.05, 0) is 37.2 Å². The first-order valence-electron chi connectivity index (χ1n) is 6.95. The van der Waals surface area contributed by atoms with Crippen LogP contribution in [-0.2, 0) is 13.2 Å². The standard InChI is InChI=1S/C15H24N2O/c1-2-16-8-3-9-17(11-10-16)12-14-4-6-15(13-18)7-5-14/h4-7,18H,2-3,8-13H2,1H3. The molecule has 1 aromatic carbocycles. The summed E-state index contributed by atoms with van der Waals surface area (Å²) in [6.07, 6.45) is 1.27. The monoisotopic (exact) mass is 248 g/mol. The SMILES string of the molecule is CCN1CCCN(Cc2ccc(CO)cc2)CC1. The van der Waals surface area contributed by atoms with Crippen LogP contribution >= 0.6 is 0 Å². The minimum atomic E-state index is 0.134. The van der Waals surface area contributed by atoms with Crippen molar-refractivity contribution >= 4 is 0 Å². The zero-order valence-electron chi connectivity index (χ0n) is 11.3. The van der Waals surface area contributed by atoms with E-state index < -0.39 is 0 Å². The van der Waals surface area contributed by atoms with Crippen LogP contribution in [0.5, 0.6) is 0 Å². The van der Waals surface area contributed by atoms with Gasteiger partial charge in [0.15, 0.2) is 0 Å². The van der Waals surface area contributed by atoms with Gasteiger partial charge in [0.2, 0.25) is 0 Å². The van der Waals surface area contributed by atoms with Crippen LogP contribution < -0.4 is 0 Å². The van der Waals surface area contributed by atoms with E-state index in [2.05, 4.69) is 28.9 Å². The third-order valence-electron chi connectivity index (χ3n) is 3.74. The molecule has 3 nitrogen and oxygen atoms in total. The van der Waals surface area contributed by atoms with Crippen molar-refractivity contribution in [3.05, 3.63) is 35.4 Å². The molecule has 18 heavy (non-hydrogen) atoms. The van der Waals surface area contributed by atoms with Crippen molar-refractivity contribution in [2.45, 2.75) is 26.5 Å². The minimum Gasteiger partial charge on any atom is -0.392 e. The van der Waals surface area contributed by atoms with Gasteiger partial charge in [-0.3, -0.25) is 4.90 Å². The van der Waals surface area contributed by atoms with E-state index in [0.717, 1.165) is 18.7 Å². The molecule has 0 radical (unpaired) electrons. The van der Waals surface area contributed by atoms with Crippen molar-refractivity contribution in [2.24, 2.45) is 0 Å². The van der Waals surface area contributed by atoms with Gasteiger partial charge in [0, 0.05) is 19.6 Å². The number of rotatable bonds is 4. The summed E-state index contributed by atoms with van der Waals surface area (Å²) >= 11 is 0. The fourth-order valence-corrected chi connectivity index (χ4v) is 2.51. The van der Waals surface area contributed by atoms with Gasteiger partial charge in [0.05, 0.1) is 6.61 Å².